The number of morpholine rings is 1. The van der Waals surface area contributed by atoms with E-state index >= 15 is 0 Å². The molecule has 0 aliphatic carbocycles. The van der Waals surface area contributed by atoms with Crippen LogP contribution >= 0.6 is 0 Å². The van der Waals surface area contributed by atoms with Crippen LogP contribution in [0.1, 0.15) is 29.0 Å². The number of carbonyl (C=O) groups is 1. The summed E-state index contributed by atoms with van der Waals surface area (Å²) in [5.74, 6) is 1.11. The second-order valence-corrected chi connectivity index (χ2v) is 6.83. The molecule has 0 radical (unpaired) electrons. The number of aromatic nitrogens is 3. The average Bonchev–Trinajstić information content (AvgIpc) is 3.28. The topological polar surface area (TPSA) is 83.5 Å². The number of nitrogens with zero attached hydrogens (tertiary/aromatic N) is 5. The molecular formula is C19H23FN6O2. The van der Waals surface area contributed by atoms with Gasteiger partial charge in [0.1, 0.15) is 5.82 Å². The number of rotatable bonds is 5. The van der Waals surface area contributed by atoms with Gasteiger partial charge in [-0.15, -0.1) is 0 Å². The highest BCUT2D eigenvalue weighted by atomic mass is 19.1. The Labute approximate surface area is 162 Å². The Morgan fingerprint density at radius 3 is 2.21 bits per heavy atom. The van der Waals surface area contributed by atoms with Crippen LogP contribution in [0, 0.1) is 5.82 Å². The molecule has 0 atom stereocenters. The van der Waals surface area contributed by atoms with Gasteiger partial charge in [-0.05, 0) is 37.1 Å². The van der Waals surface area contributed by atoms with E-state index in [2.05, 4.69) is 30.1 Å². The first-order valence-corrected chi connectivity index (χ1v) is 9.55. The summed E-state index contributed by atoms with van der Waals surface area (Å²) >= 11 is 0. The highest BCUT2D eigenvalue weighted by molar-refractivity contribution is 5.94. The van der Waals surface area contributed by atoms with Crippen molar-refractivity contribution in [2.24, 2.45) is 0 Å². The maximum absolute atomic E-state index is 13.0. The van der Waals surface area contributed by atoms with Gasteiger partial charge >= 0.3 is 0 Å². The van der Waals surface area contributed by atoms with Gasteiger partial charge in [-0.3, -0.25) is 4.79 Å². The molecule has 3 heterocycles. The molecule has 2 aliphatic rings. The third-order valence-electron chi connectivity index (χ3n) is 4.85. The van der Waals surface area contributed by atoms with Gasteiger partial charge < -0.3 is 19.9 Å². The lowest BCUT2D eigenvalue weighted by Gasteiger charge is -2.28. The minimum Gasteiger partial charge on any atom is -0.378 e. The molecule has 1 aromatic heterocycles. The SMILES string of the molecule is O=C(NCc1nc(N2CCCC2)nc(N2CCOCC2)n1)c1ccc(F)cc1. The Morgan fingerprint density at radius 1 is 0.964 bits per heavy atom. The predicted molar refractivity (Wildman–Crippen MR) is 102 cm³/mol. The smallest absolute Gasteiger partial charge is 0.251 e. The fourth-order valence-corrected chi connectivity index (χ4v) is 3.30. The summed E-state index contributed by atoms with van der Waals surface area (Å²) in [6.07, 6.45) is 2.24. The molecule has 148 valence electrons. The monoisotopic (exact) mass is 386 g/mol. The predicted octanol–water partition coefficient (Wildman–Crippen LogP) is 1.38. The largest absolute Gasteiger partial charge is 0.378 e. The zero-order chi connectivity index (χ0) is 19.3. The van der Waals surface area contributed by atoms with E-state index in [-0.39, 0.29) is 18.3 Å². The van der Waals surface area contributed by atoms with Crippen molar-refractivity contribution in [3.05, 3.63) is 41.5 Å². The molecule has 8 nitrogen and oxygen atoms in total. The molecule has 2 fully saturated rings. The molecule has 28 heavy (non-hydrogen) atoms. The van der Waals surface area contributed by atoms with Crippen LogP contribution in [0.3, 0.4) is 0 Å². The summed E-state index contributed by atoms with van der Waals surface area (Å²) in [6.45, 7) is 4.76. The summed E-state index contributed by atoms with van der Waals surface area (Å²) in [5, 5.41) is 2.81. The zero-order valence-corrected chi connectivity index (χ0v) is 15.6. The van der Waals surface area contributed by atoms with Crippen molar-refractivity contribution >= 4 is 17.8 Å². The average molecular weight is 386 g/mol. The maximum Gasteiger partial charge on any atom is 0.251 e. The molecule has 1 amide bonds. The summed E-state index contributed by atoms with van der Waals surface area (Å²) in [7, 11) is 0. The molecule has 2 saturated heterocycles. The Morgan fingerprint density at radius 2 is 1.57 bits per heavy atom. The molecule has 0 saturated carbocycles. The fraction of sp³-hybridized carbons (Fsp3) is 0.474. The Kier molecular flexibility index (Phi) is 5.61. The van der Waals surface area contributed by atoms with Gasteiger partial charge in [0.2, 0.25) is 11.9 Å². The molecule has 0 spiro atoms. The van der Waals surface area contributed by atoms with Gasteiger partial charge in [-0.25, -0.2) is 4.39 Å². The number of benzene rings is 1. The van der Waals surface area contributed by atoms with Gasteiger partial charge in [0.05, 0.1) is 19.8 Å². The van der Waals surface area contributed by atoms with E-state index in [1.54, 1.807) is 0 Å². The Balaban J connectivity index is 1.51. The lowest BCUT2D eigenvalue weighted by atomic mass is 10.2. The normalized spacial score (nSPS) is 17.0. The molecular weight excluding hydrogens is 363 g/mol. The molecule has 1 N–H and O–H groups in total. The molecule has 2 aromatic rings. The molecule has 4 rings (SSSR count). The summed E-state index contributed by atoms with van der Waals surface area (Å²) in [6, 6.07) is 5.43. The van der Waals surface area contributed by atoms with E-state index in [0.717, 1.165) is 39.0 Å². The number of hydrogen-bond donors (Lipinski definition) is 1. The minimum absolute atomic E-state index is 0.177. The second-order valence-electron chi connectivity index (χ2n) is 6.83. The lowest BCUT2D eigenvalue weighted by molar-refractivity contribution is 0.0950. The van der Waals surface area contributed by atoms with E-state index in [1.165, 1.54) is 24.3 Å². The molecule has 1 aromatic carbocycles. The van der Waals surface area contributed by atoms with Gasteiger partial charge in [-0.2, -0.15) is 15.0 Å². The Hall–Kier alpha value is -2.81. The number of amides is 1. The van der Waals surface area contributed by atoms with Crippen molar-refractivity contribution in [3.63, 3.8) is 0 Å². The van der Waals surface area contributed by atoms with E-state index in [1.807, 2.05) is 0 Å². The molecule has 0 bridgehead atoms. The van der Waals surface area contributed by atoms with E-state index in [4.69, 9.17) is 4.74 Å². The zero-order valence-electron chi connectivity index (χ0n) is 15.6. The van der Waals surface area contributed by atoms with Gasteiger partial charge in [0, 0.05) is 31.7 Å². The molecule has 2 aliphatic heterocycles. The van der Waals surface area contributed by atoms with Crippen LogP contribution in [-0.2, 0) is 11.3 Å². The first-order valence-electron chi connectivity index (χ1n) is 9.55. The number of anilines is 2. The van der Waals surface area contributed by atoms with E-state index < -0.39 is 0 Å². The number of carbonyl (C=O) groups excluding carboxylic acids is 1. The van der Waals surface area contributed by atoms with Crippen LogP contribution in [0.4, 0.5) is 16.3 Å². The van der Waals surface area contributed by atoms with Crippen LogP contribution in [0.2, 0.25) is 0 Å². The van der Waals surface area contributed by atoms with Crippen molar-refractivity contribution in [1.29, 1.82) is 0 Å². The minimum atomic E-state index is -0.376. The van der Waals surface area contributed by atoms with Crippen LogP contribution in [0.5, 0.6) is 0 Å². The summed E-state index contributed by atoms with van der Waals surface area (Å²) in [5.41, 5.74) is 0.392. The standard InChI is InChI=1S/C19H23FN6O2/c20-15-5-3-14(4-6-15)17(27)21-13-16-22-18(25-7-1-2-8-25)24-19(23-16)26-9-11-28-12-10-26/h3-6H,1-2,7-13H2,(H,21,27). The third kappa shape index (κ3) is 4.36. The number of ether oxygens (including phenoxy) is 1. The van der Waals surface area contributed by atoms with Crippen molar-refractivity contribution in [1.82, 2.24) is 20.3 Å². The lowest BCUT2D eigenvalue weighted by Crippen LogP contribution is -2.38. The van der Waals surface area contributed by atoms with Gasteiger partial charge in [0.15, 0.2) is 5.82 Å². The van der Waals surface area contributed by atoms with E-state index in [0.29, 0.717) is 36.5 Å². The highest BCUT2D eigenvalue weighted by Crippen LogP contribution is 2.19. The van der Waals surface area contributed by atoms with Crippen molar-refractivity contribution in [2.45, 2.75) is 19.4 Å². The van der Waals surface area contributed by atoms with E-state index in [9.17, 15) is 9.18 Å². The number of hydrogen-bond acceptors (Lipinski definition) is 7. The van der Waals surface area contributed by atoms with Gasteiger partial charge in [0.25, 0.3) is 5.91 Å². The quantitative estimate of drug-likeness (QED) is 0.831. The molecule has 0 unspecified atom stereocenters. The van der Waals surface area contributed by atoms with Crippen LogP contribution in [0.15, 0.2) is 24.3 Å². The van der Waals surface area contributed by atoms with Gasteiger partial charge in [-0.1, -0.05) is 0 Å². The second kappa shape index (κ2) is 8.47. The van der Waals surface area contributed by atoms with Crippen molar-refractivity contribution in [3.8, 4) is 0 Å². The number of halogens is 1. The van der Waals surface area contributed by atoms with Crippen LogP contribution in [-0.4, -0.2) is 60.3 Å². The van der Waals surface area contributed by atoms with Crippen molar-refractivity contribution < 1.29 is 13.9 Å². The maximum atomic E-state index is 13.0. The first-order chi connectivity index (χ1) is 13.7. The van der Waals surface area contributed by atoms with Crippen molar-refractivity contribution in [2.75, 3.05) is 49.2 Å². The highest BCUT2D eigenvalue weighted by Gasteiger charge is 2.21. The first kappa shape index (κ1) is 18.5. The van der Waals surface area contributed by atoms with Crippen LogP contribution in [0.25, 0.3) is 0 Å². The molecule has 9 heteroatoms. The summed E-state index contributed by atoms with van der Waals surface area (Å²) in [4.78, 5) is 30.3. The third-order valence-corrected chi connectivity index (χ3v) is 4.85. The summed E-state index contributed by atoms with van der Waals surface area (Å²) < 4.78 is 18.4. The van der Waals surface area contributed by atoms with Crippen LogP contribution < -0.4 is 15.1 Å². The Bertz CT molecular complexity index is 820. The fourth-order valence-electron chi connectivity index (χ4n) is 3.30. The number of nitrogens with one attached hydrogen (secondary N) is 1.